The van der Waals surface area contributed by atoms with Crippen molar-refractivity contribution in [1.82, 2.24) is 4.72 Å². The molecule has 2 rings (SSSR count). The minimum atomic E-state index is -3.79. The zero-order chi connectivity index (χ0) is 13.9. The molecule has 1 radical (unpaired) electrons. The van der Waals surface area contributed by atoms with Crippen molar-refractivity contribution < 1.29 is 13.3 Å². The van der Waals surface area contributed by atoms with Crippen LogP contribution in [0.2, 0.25) is 0 Å². The molecule has 6 nitrogen and oxygen atoms in total. The summed E-state index contributed by atoms with van der Waals surface area (Å²) in [6, 6.07) is 12.8. The fourth-order valence-corrected chi connectivity index (χ4v) is 2.42. The first-order chi connectivity index (χ1) is 8.99. The lowest BCUT2D eigenvalue weighted by molar-refractivity contribution is -0.384. The molecule has 0 aliphatic rings. The molecular weight excluding hydrogens is 268 g/mol. The van der Waals surface area contributed by atoms with Gasteiger partial charge in [0.1, 0.15) is 0 Å². The van der Waals surface area contributed by atoms with Crippen molar-refractivity contribution in [1.29, 1.82) is 0 Å². The number of nitro groups is 1. The van der Waals surface area contributed by atoms with Gasteiger partial charge in [-0.15, -0.1) is 0 Å². The van der Waals surface area contributed by atoms with Gasteiger partial charge in [-0.05, 0) is 24.3 Å². The summed E-state index contributed by atoms with van der Waals surface area (Å²) in [7, 11) is -3.79. The van der Waals surface area contributed by atoms with Gasteiger partial charge in [0.05, 0.1) is 15.5 Å². The topological polar surface area (TPSA) is 91.4 Å². The second-order valence-electron chi connectivity index (χ2n) is 3.65. The Balaban J connectivity index is 2.24. The standard InChI is InChI=1S/C12H9N2O4S/c15-14(16)11-8-6-10(7-9-11)13-19(17,18)12-4-2-1-3-5-12/h1-9H. The highest BCUT2D eigenvalue weighted by molar-refractivity contribution is 7.89. The van der Waals surface area contributed by atoms with Gasteiger partial charge in [0.15, 0.2) is 0 Å². The number of hydrogen-bond acceptors (Lipinski definition) is 4. The summed E-state index contributed by atoms with van der Waals surface area (Å²) in [5.41, 5.74) is 0.0329. The van der Waals surface area contributed by atoms with Crippen molar-refractivity contribution in [2.45, 2.75) is 4.90 Å². The lowest BCUT2D eigenvalue weighted by atomic mass is 10.3. The highest BCUT2D eigenvalue weighted by Gasteiger charge is 2.16. The van der Waals surface area contributed by atoms with E-state index in [9.17, 15) is 18.5 Å². The molecule has 0 saturated carbocycles. The Morgan fingerprint density at radius 3 is 2.05 bits per heavy atom. The third-order valence-corrected chi connectivity index (χ3v) is 3.65. The van der Waals surface area contributed by atoms with Gasteiger partial charge in [0, 0.05) is 12.1 Å². The molecule has 97 valence electrons. The minimum absolute atomic E-state index is 0.0772. The van der Waals surface area contributed by atoms with Crippen LogP contribution in [-0.4, -0.2) is 13.3 Å². The van der Waals surface area contributed by atoms with E-state index in [1.54, 1.807) is 18.2 Å². The van der Waals surface area contributed by atoms with E-state index < -0.39 is 14.9 Å². The third-order valence-electron chi connectivity index (χ3n) is 2.33. The summed E-state index contributed by atoms with van der Waals surface area (Å²) in [5, 5.41) is 10.5. The van der Waals surface area contributed by atoms with E-state index in [4.69, 9.17) is 0 Å². The SMILES string of the molecule is O=[N+]([O-])c1ccc([N]S(=O)(=O)c2ccccc2)cc1. The number of nitro benzene ring substituents is 1. The average Bonchev–Trinajstić information content (AvgIpc) is 2.40. The number of benzene rings is 2. The molecule has 0 heterocycles. The molecule has 0 aromatic heterocycles. The van der Waals surface area contributed by atoms with E-state index in [1.165, 1.54) is 36.4 Å². The highest BCUT2D eigenvalue weighted by atomic mass is 32.2. The molecule has 2 aromatic carbocycles. The minimum Gasteiger partial charge on any atom is -0.258 e. The number of rotatable bonds is 4. The number of non-ortho nitro benzene ring substituents is 1. The van der Waals surface area contributed by atoms with Gasteiger partial charge in [-0.2, -0.15) is 13.1 Å². The number of hydrogen-bond donors (Lipinski definition) is 0. The van der Waals surface area contributed by atoms with Crippen molar-refractivity contribution in [3.05, 3.63) is 64.7 Å². The van der Waals surface area contributed by atoms with Crippen molar-refractivity contribution >= 4 is 21.4 Å². The van der Waals surface area contributed by atoms with Crippen LogP contribution in [0.1, 0.15) is 0 Å². The van der Waals surface area contributed by atoms with Crippen LogP contribution in [0.5, 0.6) is 0 Å². The van der Waals surface area contributed by atoms with Gasteiger partial charge in [-0.25, -0.2) is 0 Å². The molecule has 7 heteroatoms. The van der Waals surface area contributed by atoms with Crippen molar-refractivity contribution in [2.24, 2.45) is 0 Å². The molecule has 0 bridgehead atoms. The largest absolute Gasteiger partial charge is 0.282 e. The fraction of sp³-hybridized carbons (Fsp3) is 0. The van der Waals surface area contributed by atoms with Crippen LogP contribution in [0.25, 0.3) is 0 Å². The van der Waals surface area contributed by atoms with E-state index in [1.807, 2.05) is 0 Å². The Hall–Kier alpha value is -2.41. The van der Waals surface area contributed by atoms with E-state index in [2.05, 4.69) is 4.72 Å². The van der Waals surface area contributed by atoms with Gasteiger partial charge in [-0.3, -0.25) is 10.1 Å². The molecule has 0 aliphatic heterocycles. The smallest absolute Gasteiger partial charge is 0.258 e. The Kier molecular flexibility index (Phi) is 3.48. The van der Waals surface area contributed by atoms with Gasteiger partial charge < -0.3 is 0 Å². The summed E-state index contributed by atoms with van der Waals surface area (Å²) in [6.45, 7) is 0. The summed E-state index contributed by atoms with van der Waals surface area (Å²) >= 11 is 0. The molecule has 0 spiro atoms. The van der Waals surface area contributed by atoms with Crippen LogP contribution >= 0.6 is 0 Å². The maximum atomic E-state index is 11.9. The van der Waals surface area contributed by atoms with Crippen molar-refractivity contribution in [3.63, 3.8) is 0 Å². The van der Waals surface area contributed by atoms with Crippen LogP contribution in [0, 0.1) is 10.1 Å². The van der Waals surface area contributed by atoms with Crippen LogP contribution in [0.3, 0.4) is 0 Å². The Bertz CT molecular complexity index is 681. The highest BCUT2D eigenvalue weighted by Crippen LogP contribution is 2.19. The normalized spacial score (nSPS) is 10.9. The predicted octanol–water partition coefficient (Wildman–Crippen LogP) is 2.22. The van der Waals surface area contributed by atoms with Gasteiger partial charge in [0.2, 0.25) is 0 Å². The Labute approximate surface area is 109 Å². The predicted molar refractivity (Wildman–Crippen MR) is 68.5 cm³/mol. The first-order valence-corrected chi connectivity index (χ1v) is 6.70. The number of nitrogens with zero attached hydrogens (tertiary/aromatic N) is 2. The molecule has 0 N–H and O–H groups in total. The first-order valence-electron chi connectivity index (χ1n) is 5.26. The van der Waals surface area contributed by atoms with Crippen LogP contribution < -0.4 is 4.72 Å². The van der Waals surface area contributed by atoms with Crippen LogP contribution in [-0.2, 0) is 10.0 Å². The molecule has 0 saturated heterocycles. The molecule has 0 aliphatic carbocycles. The monoisotopic (exact) mass is 277 g/mol. The van der Waals surface area contributed by atoms with Gasteiger partial charge >= 0.3 is 0 Å². The molecule has 0 fully saturated rings. The van der Waals surface area contributed by atoms with E-state index >= 15 is 0 Å². The fourth-order valence-electron chi connectivity index (χ4n) is 1.42. The van der Waals surface area contributed by atoms with E-state index in [-0.39, 0.29) is 16.3 Å². The van der Waals surface area contributed by atoms with Gasteiger partial charge in [-0.1, -0.05) is 18.2 Å². The van der Waals surface area contributed by atoms with Crippen molar-refractivity contribution in [2.75, 3.05) is 0 Å². The summed E-state index contributed by atoms with van der Waals surface area (Å²) in [4.78, 5) is 9.99. The molecular formula is C12H9N2O4S. The van der Waals surface area contributed by atoms with Crippen LogP contribution in [0.15, 0.2) is 59.5 Å². The maximum Gasteiger partial charge on any atom is 0.282 e. The maximum absolute atomic E-state index is 11.9. The first kappa shape index (κ1) is 13.0. The summed E-state index contributed by atoms with van der Waals surface area (Å²) in [5.74, 6) is 0. The quantitative estimate of drug-likeness (QED) is 0.632. The second kappa shape index (κ2) is 5.07. The Morgan fingerprint density at radius 2 is 1.53 bits per heavy atom. The van der Waals surface area contributed by atoms with Crippen LogP contribution in [0.4, 0.5) is 11.4 Å². The van der Waals surface area contributed by atoms with E-state index in [0.29, 0.717) is 0 Å². The second-order valence-corrected chi connectivity index (χ2v) is 5.26. The molecule has 19 heavy (non-hydrogen) atoms. The average molecular weight is 277 g/mol. The molecule has 0 unspecified atom stereocenters. The van der Waals surface area contributed by atoms with E-state index in [0.717, 1.165) is 0 Å². The molecule has 0 atom stereocenters. The Morgan fingerprint density at radius 1 is 0.947 bits per heavy atom. The summed E-state index contributed by atoms with van der Waals surface area (Å²) < 4.78 is 27.5. The third kappa shape index (κ3) is 3.08. The molecule has 0 amide bonds. The zero-order valence-corrected chi connectivity index (χ0v) is 10.4. The molecule has 2 aromatic rings. The number of sulfonamides is 1. The lowest BCUT2D eigenvalue weighted by Crippen LogP contribution is -2.11. The van der Waals surface area contributed by atoms with Crippen molar-refractivity contribution in [3.8, 4) is 0 Å². The zero-order valence-electron chi connectivity index (χ0n) is 9.63. The van der Waals surface area contributed by atoms with Gasteiger partial charge in [0.25, 0.3) is 15.7 Å². The summed E-state index contributed by atoms with van der Waals surface area (Å²) in [6.07, 6.45) is 0. The lowest BCUT2D eigenvalue weighted by Gasteiger charge is -2.04.